The van der Waals surface area contributed by atoms with Crippen LogP contribution in [0.15, 0.2) is 17.5 Å². The zero-order chi connectivity index (χ0) is 13.0. The number of carbonyl (C=O) groups excluding carboxylic acids is 2. The van der Waals surface area contributed by atoms with Crippen molar-refractivity contribution < 1.29 is 9.59 Å². The van der Waals surface area contributed by atoms with Crippen molar-refractivity contribution >= 4 is 23.0 Å². The molecule has 1 aromatic heterocycles. The van der Waals surface area contributed by atoms with Crippen LogP contribution in [0.4, 0.5) is 0 Å². The van der Waals surface area contributed by atoms with Crippen LogP contribution in [0.25, 0.3) is 0 Å². The first-order chi connectivity index (χ1) is 8.66. The Hall–Kier alpha value is -1.20. The van der Waals surface area contributed by atoms with Crippen molar-refractivity contribution in [2.24, 2.45) is 0 Å². The molecule has 98 valence electrons. The van der Waals surface area contributed by atoms with E-state index in [1.165, 1.54) is 11.3 Å². The van der Waals surface area contributed by atoms with Gasteiger partial charge < -0.3 is 4.90 Å². The van der Waals surface area contributed by atoms with E-state index in [9.17, 15) is 9.59 Å². The number of hydrogen-bond acceptors (Lipinski definition) is 4. The minimum atomic E-state index is 0.172. The van der Waals surface area contributed by atoms with Crippen LogP contribution < -0.4 is 0 Å². The molecule has 1 saturated heterocycles. The summed E-state index contributed by atoms with van der Waals surface area (Å²) in [7, 11) is 1.83. The van der Waals surface area contributed by atoms with Gasteiger partial charge in [0.2, 0.25) is 5.91 Å². The predicted octanol–water partition coefficient (Wildman–Crippen LogP) is 1.48. The fourth-order valence-electron chi connectivity index (χ4n) is 2.02. The molecule has 1 aromatic rings. The van der Waals surface area contributed by atoms with Crippen LogP contribution in [-0.4, -0.2) is 54.7 Å². The van der Waals surface area contributed by atoms with E-state index >= 15 is 0 Å². The van der Waals surface area contributed by atoms with E-state index in [-0.39, 0.29) is 11.7 Å². The molecule has 1 aliphatic rings. The maximum Gasteiger partial charge on any atom is 0.236 e. The highest BCUT2D eigenvalue weighted by atomic mass is 32.1. The predicted molar refractivity (Wildman–Crippen MR) is 72.0 cm³/mol. The highest BCUT2D eigenvalue weighted by Crippen LogP contribution is 2.12. The molecule has 4 nitrogen and oxygen atoms in total. The second-order valence-corrected chi connectivity index (χ2v) is 5.54. The molecule has 2 rings (SSSR count). The van der Waals surface area contributed by atoms with Gasteiger partial charge >= 0.3 is 0 Å². The van der Waals surface area contributed by atoms with Gasteiger partial charge in [-0.15, -0.1) is 11.3 Å². The minimum absolute atomic E-state index is 0.172. The number of Topliss-reactive ketones (excluding diaryl/α,β-unsaturated/α-hetero) is 1. The van der Waals surface area contributed by atoms with Gasteiger partial charge in [0.05, 0.1) is 11.4 Å². The Morgan fingerprint density at radius 3 is 2.94 bits per heavy atom. The summed E-state index contributed by atoms with van der Waals surface area (Å²) in [5.74, 6) is 0.385. The first-order valence-corrected chi connectivity index (χ1v) is 7.08. The lowest BCUT2D eigenvalue weighted by atomic mass is 10.2. The SMILES string of the molecule is CN1CCN(CCCC(=O)c2cccs2)CC1=O. The highest BCUT2D eigenvalue weighted by molar-refractivity contribution is 7.12. The van der Waals surface area contributed by atoms with Gasteiger partial charge in [0.25, 0.3) is 0 Å². The molecule has 0 saturated carbocycles. The van der Waals surface area contributed by atoms with E-state index < -0.39 is 0 Å². The molecule has 0 N–H and O–H groups in total. The average molecular weight is 266 g/mol. The van der Waals surface area contributed by atoms with E-state index in [1.54, 1.807) is 4.90 Å². The van der Waals surface area contributed by atoms with Gasteiger partial charge in [0.15, 0.2) is 5.78 Å². The summed E-state index contributed by atoms with van der Waals surface area (Å²) < 4.78 is 0. The van der Waals surface area contributed by atoms with Crippen molar-refractivity contribution in [3.05, 3.63) is 22.4 Å². The molecule has 0 aliphatic carbocycles. The third-order valence-corrected chi connectivity index (χ3v) is 4.12. The van der Waals surface area contributed by atoms with Crippen LogP contribution >= 0.6 is 11.3 Å². The lowest BCUT2D eigenvalue weighted by Crippen LogP contribution is -2.48. The van der Waals surface area contributed by atoms with E-state index in [1.807, 2.05) is 24.6 Å². The molecule has 18 heavy (non-hydrogen) atoms. The molecule has 0 spiro atoms. The van der Waals surface area contributed by atoms with Gasteiger partial charge in [0.1, 0.15) is 0 Å². The average Bonchev–Trinajstić information content (AvgIpc) is 2.87. The molecule has 1 amide bonds. The Labute approximate surface area is 111 Å². The van der Waals surface area contributed by atoms with Gasteiger partial charge in [-0.25, -0.2) is 0 Å². The van der Waals surface area contributed by atoms with Crippen LogP contribution in [0.3, 0.4) is 0 Å². The molecule has 0 atom stereocenters. The molecular formula is C13H18N2O2S. The number of carbonyl (C=O) groups is 2. The van der Waals surface area contributed by atoms with Crippen molar-refractivity contribution in [3.63, 3.8) is 0 Å². The van der Waals surface area contributed by atoms with Gasteiger partial charge in [-0.2, -0.15) is 0 Å². The molecular weight excluding hydrogens is 248 g/mol. The number of ketones is 1. The molecule has 0 aromatic carbocycles. The number of nitrogens with zero attached hydrogens (tertiary/aromatic N) is 2. The van der Waals surface area contributed by atoms with Crippen molar-refractivity contribution in [3.8, 4) is 0 Å². The third-order valence-electron chi connectivity index (χ3n) is 3.21. The number of rotatable bonds is 5. The summed E-state index contributed by atoms with van der Waals surface area (Å²) in [6, 6.07) is 3.77. The van der Waals surface area contributed by atoms with Crippen molar-refractivity contribution in [1.29, 1.82) is 0 Å². The summed E-state index contributed by atoms with van der Waals surface area (Å²) in [5, 5.41) is 1.92. The van der Waals surface area contributed by atoms with E-state index in [4.69, 9.17) is 0 Å². The highest BCUT2D eigenvalue weighted by Gasteiger charge is 2.20. The fraction of sp³-hybridized carbons (Fsp3) is 0.538. The Morgan fingerprint density at radius 1 is 1.44 bits per heavy atom. The summed E-state index contributed by atoms with van der Waals surface area (Å²) in [6.45, 7) is 3.02. The molecule has 5 heteroatoms. The van der Waals surface area contributed by atoms with Gasteiger partial charge in [0, 0.05) is 26.6 Å². The second-order valence-electron chi connectivity index (χ2n) is 4.60. The normalized spacial score (nSPS) is 17.2. The number of thiophene rings is 1. The topological polar surface area (TPSA) is 40.6 Å². The van der Waals surface area contributed by atoms with Crippen LogP contribution in [0, 0.1) is 0 Å². The largest absolute Gasteiger partial charge is 0.343 e. The number of amides is 1. The summed E-state index contributed by atoms with van der Waals surface area (Å²) in [4.78, 5) is 28.0. The zero-order valence-electron chi connectivity index (χ0n) is 10.6. The van der Waals surface area contributed by atoms with Crippen molar-refractivity contribution in [1.82, 2.24) is 9.80 Å². The first-order valence-electron chi connectivity index (χ1n) is 6.20. The lowest BCUT2D eigenvalue weighted by Gasteiger charge is -2.31. The Kier molecular flexibility index (Phi) is 4.49. The smallest absolute Gasteiger partial charge is 0.236 e. The second kappa shape index (κ2) is 6.11. The summed E-state index contributed by atoms with van der Waals surface area (Å²) >= 11 is 1.49. The quantitative estimate of drug-likeness (QED) is 0.758. The maximum atomic E-state index is 11.8. The van der Waals surface area contributed by atoms with Gasteiger partial charge in [-0.3, -0.25) is 14.5 Å². The summed E-state index contributed by atoms with van der Waals surface area (Å²) in [5.41, 5.74) is 0. The lowest BCUT2D eigenvalue weighted by molar-refractivity contribution is -0.134. The van der Waals surface area contributed by atoms with Crippen molar-refractivity contribution in [2.75, 3.05) is 33.2 Å². The van der Waals surface area contributed by atoms with E-state index in [0.29, 0.717) is 13.0 Å². The number of likely N-dealkylation sites (N-methyl/N-ethyl adjacent to an activating group) is 1. The molecule has 2 heterocycles. The third kappa shape index (κ3) is 3.40. The van der Waals surface area contributed by atoms with Gasteiger partial charge in [-0.05, 0) is 24.4 Å². The molecule has 0 radical (unpaired) electrons. The number of hydrogen-bond donors (Lipinski definition) is 0. The minimum Gasteiger partial charge on any atom is -0.343 e. The summed E-state index contributed by atoms with van der Waals surface area (Å²) in [6.07, 6.45) is 1.40. The monoisotopic (exact) mass is 266 g/mol. The van der Waals surface area contributed by atoms with E-state index in [0.717, 1.165) is 30.9 Å². The van der Waals surface area contributed by atoms with Gasteiger partial charge in [-0.1, -0.05) is 6.07 Å². The van der Waals surface area contributed by atoms with Crippen LogP contribution in [-0.2, 0) is 4.79 Å². The van der Waals surface area contributed by atoms with Crippen LogP contribution in [0.2, 0.25) is 0 Å². The molecule has 0 bridgehead atoms. The maximum absolute atomic E-state index is 11.8. The first kappa shape index (κ1) is 13.2. The standard InChI is InChI=1S/C13H18N2O2S/c1-14-7-8-15(10-13(14)17)6-2-4-11(16)12-5-3-9-18-12/h3,5,9H,2,4,6-8,10H2,1H3. The molecule has 0 unspecified atom stereocenters. The fourth-order valence-corrected chi connectivity index (χ4v) is 2.72. The van der Waals surface area contributed by atoms with Crippen LogP contribution in [0.1, 0.15) is 22.5 Å². The Morgan fingerprint density at radius 2 is 2.28 bits per heavy atom. The van der Waals surface area contributed by atoms with Crippen molar-refractivity contribution in [2.45, 2.75) is 12.8 Å². The Bertz CT molecular complexity index is 417. The zero-order valence-corrected chi connectivity index (χ0v) is 11.4. The number of piperazine rings is 1. The Balaban J connectivity index is 1.70. The van der Waals surface area contributed by atoms with E-state index in [2.05, 4.69) is 4.90 Å². The molecule has 1 aliphatic heterocycles. The molecule has 1 fully saturated rings. The van der Waals surface area contributed by atoms with Crippen LogP contribution in [0.5, 0.6) is 0 Å².